The average Bonchev–Trinajstić information content (AvgIpc) is 2.55. The maximum Gasteiger partial charge on any atom is 0.0704 e. The number of thiophene rings is 1. The zero-order valence-electron chi connectivity index (χ0n) is 8.79. The van der Waals surface area contributed by atoms with E-state index in [1.54, 1.807) is 0 Å². The van der Waals surface area contributed by atoms with Gasteiger partial charge in [0.1, 0.15) is 0 Å². The summed E-state index contributed by atoms with van der Waals surface area (Å²) < 4.78 is 1.22. The first kappa shape index (κ1) is 11.6. The molecule has 4 heteroatoms. The first-order valence-electron chi connectivity index (χ1n) is 5.36. The monoisotopic (exact) mass is 289 g/mol. The molecule has 0 bridgehead atoms. The smallest absolute Gasteiger partial charge is 0.0704 e. The van der Waals surface area contributed by atoms with E-state index in [1.165, 1.54) is 33.5 Å². The average molecular weight is 290 g/mol. The molecule has 0 aromatic carbocycles. The molecule has 15 heavy (non-hydrogen) atoms. The summed E-state index contributed by atoms with van der Waals surface area (Å²) in [5.41, 5.74) is 1.43. The molecule has 0 saturated carbocycles. The van der Waals surface area contributed by atoms with Gasteiger partial charge in [-0.1, -0.05) is 0 Å². The molecule has 2 atom stereocenters. The number of aliphatic hydroxyl groups is 1. The number of rotatable bonds is 3. The molecule has 1 aromatic heterocycles. The van der Waals surface area contributed by atoms with Crippen molar-refractivity contribution in [1.29, 1.82) is 0 Å². The van der Waals surface area contributed by atoms with Gasteiger partial charge in [0.2, 0.25) is 0 Å². The molecule has 0 amide bonds. The van der Waals surface area contributed by atoms with Crippen LogP contribution in [-0.4, -0.2) is 17.8 Å². The van der Waals surface area contributed by atoms with Gasteiger partial charge < -0.3 is 10.4 Å². The van der Waals surface area contributed by atoms with Gasteiger partial charge >= 0.3 is 0 Å². The number of halogens is 1. The molecule has 1 aliphatic rings. The van der Waals surface area contributed by atoms with Gasteiger partial charge in [-0.05, 0) is 53.7 Å². The molecule has 1 heterocycles. The molecule has 0 radical (unpaired) electrons. The van der Waals surface area contributed by atoms with Gasteiger partial charge in [0.25, 0.3) is 0 Å². The second kappa shape index (κ2) is 4.95. The molecule has 2 N–H and O–H groups in total. The number of hydrogen-bond donors (Lipinski definition) is 2. The van der Waals surface area contributed by atoms with Gasteiger partial charge in [0, 0.05) is 17.5 Å². The molecule has 1 aliphatic carbocycles. The summed E-state index contributed by atoms with van der Waals surface area (Å²) in [4.78, 5) is 1.50. The minimum atomic E-state index is -0.266. The van der Waals surface area contributed by atoms with E-state index >= 15 is 0 Å². The summed E-state index contributed by atoms with van der Waals surface area (Å²) in [5.74, 6) is 0. The van der Waals surface area contributed by atoms with Crippen LogP contribution in [0.5, 0.6) is 0 Å². The number of fused-ring (bicyclic) bond motifs is 1. The van der Waals surface area contributed by atoms with Crippen LogP contribution in [0.3, 0.4) is 0 Å². The third-order valence-corrected chi connectivity index (χ3v) is 4.46. The Morgan fingerprint density at radius 2 is 2.53 bits per heavy atom. The molecule has 1 aromatic rings. The van der Waals surface area contributed by atoms with Crippen LogP contribution >= 0.6 is 27.3 Å². The minimum Gasteiger partial charge on any atom is -0.392 e. The van der Waals surface area contributed by atoms with Crippen LogP contribution in [0.15, 0.2) is 9.85 Å². The highest BCUT2D eigenvalue weighted by molar-refractivity contribution is 9.11. The van der Waals surface area contributed by atoms with Gasteiger partial charge in [-0.2, -0.15) is 0 Å². The van der Waals surface area contributed by atoms with Crippen molar-refractivity contribution in [3.05, 3.63) is 20.3 Å². The molecule has 0 spiro atoms. The topological polar surface area (TPSA) is 32.3 Å². The SMILES string of the molecule is CC(O)CNC1CCCc2sc(Br)cc21. The van der Waals surface area contributed by atoms with Crippen molar-refractivity contribution < 1.29 is 5.11 Å². The van der Waals surface area contributed by atoms with Crippen molar-refractivity contribution in [2.24, 2.45) is 0 Å². The second-order valence-corrected chi connectivity index (χ2v) is 6.65. The van der Waals surface area contributed by atoms with Crippen molar-refractivity contribution in [3.63, 3.8) is 0 Å². The highest BCUT2D eigenvalue weighted by Gasteiger charge is 2.22. The van der Waals surface area contributed by atoms with Crippen LogP contribution in [-0.2, 0) is 6.42 Å². The van der Waals surface area contributed by atoms with Crippen LogP contribution in [0.2, 0.25) is 0 Å². The molecule has 0 saturated heterocycles. The maximum atomic E-state index is 9.27. The molecular weight excluding hydrogens is 274 g/mol. The molecule has 2 unspecified atom stereocenters. The Labute approximate surface area is 103 Å². The maximum absolute atomic E-state index is 9.27. The lowest BCUT2D eigenvalue weighted by molar-refractivity contribution is 0.184. The van der Waals surface area contributed by atoms with Gasteiger partial charge in [-0.3, -0.25) is 0 Å². The van der Waals surface area contributed by atoms with Gasteiger partial charge in [-0.25, -0.2) is 0 Å². The van der Waals surface area contributed by atoms with Crippen LogP contribution in [0.1, 0.15) is 36.2 Å². The van der Waals surface area contributed by atoms with Crippen LogP contribution in [0, 0.1) is 0 Å². The Bertz CT molecular complexity index is 337. The quantitative estimate of drug-likeness (QED) is 0.897. The third-order valence-electron chi connectivity index (χ3n) is 2.74. The van der Waals surface area contributed by atoms with Crippen molar-refractivity contribution in [2.45, 2.75) is 38.3 Å². The number of nitrogens with one attached hydrogen (secondary N) is 1. The summed E-state index contributed by atoms with van der Waals surface area (Å²) in [7, 11) is 0. The molecule has 2 nitrogen and oxygen atoms in total. The van der Waals surface area contributed by atoms with E-state index in [9.17, 15) is 5.11 Å². The first-order valence-corrected chi connectivity index (χ1v) is 6.97. The number of hydrogen-bond acceptors (Lipinski definition) is 3. The predicted octanol–water partition coefficient (Wildman–Crippen LogP) is 2.86. The fourth-order valence-electron chi connectivity index (χ4n) is 2.05. The summed E-state index contributed by atoms with van der Waals surface area (Å²) >= 11 is 5.38. The van der Waals surface area contributed by atoms with Gasteiger partial charge in [0.05, 0.1) is 9.89 Å². The number of aryl methyl sites for hydroxylation is 1. The Morgan fingerprint density at radius 1 is 1.73 bits per heavy atom. The second-order valence-electron chi connectivity index (χ2n) is 4.13. The van der Waals surface area contributed by atoms with Crippen molar-refractivity contribution in [2.75, 3.05) is 6.54 Å². The third kappa shape index (κ3) is 2.81. The Kier molecular flexibility index (Phi) is 3.83. The molecule has 0 fully saturated rings. The van der Waals surface area contributed by atoms with E-state index in [2.05, 4.69) is 27.3 Å². The molecule has 84 valence electrons. The van der Waals surface area contributed by atoms with Crippen molar-refractivity contribution in [1.82, 2.24) is 5.32 Å². The van der Waals surface area contributed by atoms with E-state index in [0.717, 1.165) is 0 Å². The summed E-state index contributed by atoms with van der Waals surface area (Å²) in [6.07, 6.45) is 3.37. The zero-order valence-corrected chi connectivity index (χ0v) is 11.2. The van der Waals surface area contributed by atoms with Crippen molar-refractivity contribution >= 4 is 27.3 Å². The lowest BCUT2D eigenvalue weighted by atomic mass is 9.94. The predicted molar refractivity (Wildman–Crippen MR) is 67.4 cm³/mol. The largest absolute Gasteiger partial charge is 0.392 e. The van der Waals surface area contributed by atoms with E-state index in [-0.39, 0.29) is 6.10 Å². The van der Waals surface area contributed by atoms with Gasteiger partial charge in [-0.15, -0.1) is 11.3 Å². The highest BCUT2D eigenvalue weighted by Crippen LogP contribution is 2.37. The minimum absolute atomic E-state index is 0.266. The summed E-state index contributed by atoms with van der Waals surface area (Å²) in [5, 5.41) is 12.7. The molecule has 2 rings (SSSR count). The fraction of sp³-hybridized carbons (Fsp3) is 0.636. The van der Waals surface area contributed by atoms with Gasteiger partial charge in [0.15, 0.2) is 0 Å². The zero-order chi connectivity index (χ0) is 10.8. The Morgan fingerprint density at radius 3 is 3.27 bits per heavy atom. The fourth-order valence-corrected chi connectivity index (χ4v) is 3.87. The van der Waals surface area contributed by atoms with Crippen LogP contribution in [0.4, 0.5) is 0 Å². The Balaban J connectivity index is 2.08. The summed E-state index contributed by atoms with van der Waals surface area (Å²) in [6.45, 7) is 2.50. The van der Waals surface area contributed by atoms with Crippen molar-refractivity contribution in [3.8, 4) is 0 Å². The van der Waals surface area contributed by atoms with Crippen LogP contribution in [0.25, 0.3) is 0 Å². The Hall–Kier alpha value is 0.100. The summed E-state index contributed by atoms with van der Waals surface area (Å²) in [6, 6.07) is 2.66. The molecular formula is C11H16BrNOS. The normalized spacial score (nSPS) is 22.5. The molecule has 0 aliphatic heterocycles. The number of aliphatic hydroxyl groups excluding tert-OH is 1. The van der Waals surface area contributed by atoms with E-state index in [4.69, 9.17) is 0 Å². The first-order chi connectivity index (χ1) is 7.16. The van der Waals surface area contributed by atoms with E-state index in [0.29, 0.717) is 12.6 Å². The van der Waals surface area contributed by atoms with E-state index < -0.39 is 0 Å². The van der Waals surface area contributed by atoms with Crippen LogP contribution < -0.4 is 5.32 Å². The lowest BCUT2D eigenvalue weighted by Crippen LogP contribution is -2.30. The highest BCUT2D eigenvalue weighted by atomic mass is 79.9. The van der Waals surface area contributed by atoms with E-state index in [1.807, 2.05) is 18.3 Å². The lowest BCUT2D eigenvalue weighted by Gasteiger charge is -2.24. The standard InChI is InChI=1S/C11H16BrNOS/c1-7(14)6-13-9-3-2-4-10-8(9)5-11(12)15-10/h5,7,9,13-14H,2-4,6H2,1H3.